The lowest BCUT2D eigenvalue weighted by molar-refractivity contribution is -0.137. The van der Waals surface area contributed by atoms with Crippen LogP contribution in [0.15, 0.2) is 30.3 Å². The molecular weight excluding hydrogens is 387 g/mol. The number of nitrogens with zero attached hydrogens (tertiary/aromatic N) is 4. The molecule has 5 nitrogen and oxygen atoms in total. The Morgan fingerprint density at radius 2 is 2.00 bits per heavy atom. The summed E-state index contributed by atoms with van der Waals surface area (Å²) in [5.74, 6) is 0. The number of thiazole rings is 1. The van der Waals surface area contributed by atoms with Crippen molar-refractivity contribution in [2.24, 2.45) is 0 Å². The molecule has 4 rings (SSSR count). The standard InChI is InChI=1S/C19H20F3N5S/c1-12-8-16(25-24-12)17-13(2)23-18(28-17)27-7-6-26(11-27)10-14-4-3-5-15(9-14)19(20,21)22/h3-5,8-9H,6-7,10-11H2,1-2H3,(H,24,25). The van der Waals surface area contributed by atoms with Crippen LogP contribution in [-0.2, 0) is 12.7 Å². The van der Waals surface area contributed by atoms with E-state index >= 15 is 0 Å². The van der Waals surface area contributed by atoms with E-state index in [1.807, 2.05) is 19.9 Å². The average Bonchev–Trinajstić information content (AvgIpc) is 3.34. The number of aromatic amines is 1. The van der Waals surface area contributed by atoms with Gasteiger partial charge in [0.2, 0.25) is 0 Å². The lowest BCUT2D eigenvalue weighted by Gasteiger charge is -2.18. The quantitative estimate of drug-likeness (QED) is 0.694. The fraction of sp³-hybridized carbons (Fsp3) is 0.368. The summed E-state index contributed by atoms with van der Waals surface area (Å²) in [4.78, 5) is 10.0. The first-order chi connectivity index (χ1) is 13.3. The van der Waals surface area contributed by atoms with Gasteiger partial charge in [0.05, 0.1) is 22.8 Å². The van der Waals surface area contributed by atoms with Gasteiger partial charge in [0.1, 0.15) is 5.69 Å². The second-order valence-corrected chi connectivity index (χ2v) is 7.98. The van der Waals surface area contributed by atoms with Crippen LogP contribution in [0.4, 0.5) is 18.3 Å². The molecule has 1 aliphatic heterocycles. The molecule has 9 heteroatoms. The number of rotatable bonds is 4. The molecule has 1 N–H and O–H groups in total. The molecule has 2 aromatic heterocycles. The molecule has 148 valence electrons. The molecule has 28 heavy (non-hydrogen) atoms. The Kier molecular flexibility index (Phi) is 4.88. The van der Waals surface area contributed by atoms with Crippen LogP contribution >= 0.6 is 11.3 Å². The summed E-state index contributed by atoms with van der Waals surface area (Å²) >= 11 is 1.59. The normalized spacial score (nSPS) is 15.5. The van der Waals surface area contributed by atoms with Gasteiger partial charge < -0.3 is 4.90 Å². The molecule has 0 saturated carbocycles. The number of hydrogen-bond acceptors (Lipinski definition) is 5. The largest absolute Gasteiger partial charge is 0.416 e. The number of halogens is 3. The van der Waals surface area contributed by atoms with Gasteiger partial charge >= 0.3 is 6.18 Å². The number of nitrogens with one attached hydrogen (secondary N) is 1. The highest BCUT2D eigenvalue weighted by Crippen LogP contribution is 2.35. The van der Waals surface area contributed by atoms with E-state index in [0.29, 0.717) is 18.8 Å². The Balaban J connectivity index is 1.45. The fourth-order valence-corrected chi connectivity index (χ4v) is 4.37. The number of aryl methyl sites for hydroxylation is 2. The van der Waals surface area contributed by atoms with Crippen molar-refractivity contribution in [2.75, 3.05) is 24.7 Å². The Morgan fingerprint density at radius 1 is 1.18 bits per heavy atom. The first-order valence-electron chi connectivity index (χ1n) is 8.93. The number of alkyl halides is 3. The van der Waals surface area contributed by atoms with Gasteiger partial charge in [-0.25, -0.2) is 4.98 Å². The van der Waals surface area contributed by atoms with Crippen molar-refractivity contribution in [3.8, 4) is 10.6 Å². The van der Waals surface area contributed by atoms with Crippen molar-refractivity contribution in [1.82, 2.24) is 20.1 Å². The van der Waals surface area contributed by atoms with Gasteiger partial charge in [0.25, 0.3) is 0 Å². The Morgan fingerprint density at radius 3 is 2.71 bits per heavy atom. The maximum Gasteiger partial charge on any atom is 0.416 e. The average molecular weight is 407 g/mol. The fourth-order valence-electron chi connectivity index (χ4n) is 3.32. The second kappa shape index (κ2) is 7.21. The van der Waals surface area contributed by atoms with Crippen molar-refractivity contribution >= 4 is 16.5 Å². The van der Waals surface area contributed by atoms with Crippen LogP contribution < -0.4 is 4.90 Å². The van der Waals surface area contributed by atoms with Gasteiger partial charge in [0, 0.05) is 25.3 Å². The molecule has 1 aromatic carbocycles. The van der Waals surface area contributed by atoms with Crippen LogP contribution in [0.25, 0.3) is 10.6 Å². The van der Waals surface area contributed by atoms with Crippen LogP contribution in [0, 0.1) is 13.8 Å². The number of hydrogen-bond donors (Lipinski definition) is 1. The zero-order valence-electron chi connectivity index (χ0n) is 15.5. The van der Waals surface area contributed by atoms with E-state index < -0.39 is 11.7 Å². The molecule has 1 saturated heterocycles. The molecule has 0 spiro atoms. The second-order valence-electron chi connectivity index (χ2n) is 7.00. The van der Waals surface area contributed by atoms with E-state index in [9.17, 15) is 13.2 Å². The summed E-state index contributed by atoms with van der Waals surface area (Å²) in [6.07, 6.45) is -4.31. The van der Waals surface area contributed by atoms with E-state index in [1.165, 1.54) is 12.1 Å². The Hall–Kier alpha value is -2.39. The zero-order valence-corrected chi connectivity index (χ0v) is 16.4. The lowest BCUT2D eigenvalue weighted by Crippen LogP contribution is -2.25. The Bertz CT molecular complexity index is 978. The van der Waals surface area contributed by atoms with Gasteiger partial charge in [-0.05, 0) is 31.5 Å². The van der Waals surface area contributed by atoms with Crippen molar-refractivity contribution < 1.29 is 13.2 Å². The monoisotopic (exact) mass is 407 g/mol. The molecular formula is C19H20F3N5S. The maximum absolute atomic E-state index is 12.9. The topological polar surface area (TPSA) is 48.1 Å². The van der Waals surface area contributed by atoms with Gasteiger partial charge in [-0.2, -0.15) is 18.3 Å². The van der Waals surface area contributed by atoms with Gasteiger partial charge in [-0.1, -0.05) is 29.5 Å². The molecule has 1 fully saturated rings. The number of benzene rings is 1. The summed E-state index contributed by atoms with van der Waals surface area (Å²) in [5, 5.41) is 8.18. The summed E-state index contributed by atoms with van der Waals surface area (Å²) in [6, 6.07) is 7.54. The molecule has 1 aliphatic rings. The van der Waals surface area contributed by atoms with Gasteiger partial charge in [-0.15, -0.1) is 0 Å². The van der Waals surface area contributed by atoms with Crippen LogP contribution in [0.5, 0.6) is 0 Å². The van der Waals surface area contributed by atoms with Crippen LogP contribution in [-0.4, -0.2) is 39.8 Å². The minimum absolute atomic E-state index is 0.482. The van der Waals surface area contributed by atoms with Crippen molar-refractivity contribution in [3.05, 3.63) is 52.8 Å². The molecule has 0 bridgehead atoms. The molecule has 0 unspecified atom stereocenters. The van der Waals surface area contributed by atoms with Crippen LogP contribution in [0.3, 0.4) is 0 Å². The smallest absolute Gasteiger partial charge is 0.334 e. The molecule has 3 aromatic rings. The lowest BCUT2D eigenvalue weighted by atomic mass is 10.1. The van der Waals surface area contributed by atoms with Crippen molar-refractivity contribution in [3.63, 3.8) is 0 Å². The van der Waals surface area contributed by atoms with Crippen LogP contribution in [0.1, 0.15) is 22.5 Å². The zero-order chi connectivity index (χ0) is 19.9. The summed E-state index contributed by atoms with van der Waals surface area (Å²) in [7, 11) is 0. The summed E-state index contributed by atoms with van der Waals surface area (Å²) in [6.45, 7) is 6.63. The minimum Gasteiger partial charge on any atom is -0.334 e. The van der Waals surface area contributed by atoms with Crippen molar-refractivity contribution in [2.45, 2.75) is 26.6 Å². The highest BCUT2D eigenvalue weighted by molar-refractivity contribution is 7.19. The van der Waals surface area contributed by atoms with Crippen molar-refractivity contribution in [1.29, 1.82) is 0 Å². The first kappa shape index (κ1) is 18.9. The predicted octanol–water partition coefficient (Wildman–Crippen LogP) is 4.45. The van der Waals surface area contributed by atoms with E-state index in [-0.39, 0.29) is 0 Å². The molecule has 0 radical (unpaired) electrons. The van der Waals surface area contributed by atoms with E-state index in [1.54, 1.807) is 17.4 Å². The SMILES string of the molecule is Cc1cc(-c2sc(N3CCN(Cc4cccc(C(F)(F)F)c4)C3)nc2C)n[nH]1. The molecule has 0 atom stereocenters. The number of anilines is 1. The molecule has 0 aliphatic carbocycles. The number of H-pyrrole nitrogens is 1. The first-order valence-corrected chi connectivity index (χ1v) is 9.74. The third-order valence-corrected chi connectivity index (χ3v) is 5.95. The van der Waals surface area contributed by atoms with Gasteiger partial charge in [-0.3, -0.25) is 10.00 Å². The Labute approximate surface area is 164 Å². The molecule has 0 amide bonds. The number of aromatic nitrogens is 3. The highest BCUT2D eigenvalue weighted by Gasteiger charge is 2.31. The minimum atomic E-state index is -4.31. The molecule has 3 heterocycles. The van der Waals surface area contributed by atoms with Crippen LogP contribution in [0.2, 0.25) is 0 Å². The predicted molar refractivity (Wildman–Crippen MR) is 103 cm³/mol. The third kappa shape index (κ3) is 3.90. The summed E-state index contributed by atoms with van der Waals surface area (Å²) in [5.41, 5.74) is 2.88. The van der Waals surface area contributed by atoms with Gasteiger partial charge in [0.15, 0.2) is 5.13 Å². The van der Waals surface area contributed by atoms with E-state index in [2.05, 4.69) is 25.0 Å². The van der Waals surface area contributed by atoms with E-state index in [0.717, 1.165) is 46.2 Å². The third-order valence-electron chi connectivity index (χ3n) is 4.71. The maximum atomic E-state index is 12.9. The van der Waals surface area contributed by atoms with E-state index in [4.69, 9.17) is 0 Å². The summed E-state index contributed by atoms with van der Waals surface area (Å²) < 4.78 is 38.7. The highest BCUT2D eigenvalue weighted by atomic mass is 32.1.